The second-order valence-corrected chi connectivity index (χ2v) is 2.36. The van der Waals surface area contributed by atoms with Crippen molar-refractivity contribution in [1.29, 1.82) is 0 Å². The lowest BCUT2D eigenvalue weighted by atomic mass is 10.5. The fraction of sp³-hybridized carbons (Fsp3) is 0.250. The van der Waals surface area contributed by atoms with Crippen LogP contribution in [0.3, 0.4) is 0 Å². The summed E-state index contributed by atoms with van der Waals surface area (Å²) in [5.41, 5.74) is 0.689. The molecule has 0 spiro atoms. The maximum Gasteiger partial charge on any atom is 0.168 e. The molecule has 0 aliphatic heterocycles. The van der Waals surface area contributed by atoms with Gasteiger partial charge < -0.3 is 10.1 Å². The second-order valence-electron chi connectivity index (χ2n) is 1.34. The molecule has 0 aliphatic rings. The van der Waals surface area contributed by atoms with Gasteiger partial charge in [-0.2, -0.15) is 0 Å². The summed E-state index contributed by atoms with van der Waals surface area (Å²) in [5, 5.41) is 8.47. The van der Waals surface area contributed by atoms with Crippen molar-refractivity contribution in [2.24, 2.45) is 0 Å². The Bertz CT molecular complexity index is 174. The van der Waals surface area contributed by atoms with E-state index in [2.05, 4.69) is 9.97 Å². The number of aliphatic hydroxyl groups excluding tert-OH is 1. The number of rotatable bonds is 1. The standard InChI is InChI=1S/C4H5IN2O/c5-4-6-1-3(2-8)7-4/h1,8H,2H2,(H,6,7). The molecule has 0 aromatic carbocycles. The Kier molecular flexibility index (Phi) is 1.85. The predicted octanol–water partition coefficient (Wildman–Crippen LogP) is 0.507. The highest BCUT2D eigenvalue weighted by Crippen LogP contribution is 1.98. The average Bonchev–Trinajstić information content (AvgIpc) is 2.14. The second kappa shape index (κ2) is 2.45. The van der Waals surface area contributed by atoms with Crippen molar-refractivity contribution in [1.82, 2.24) is 9.97 Å². The average molecular weight is 224 g/mol. The lowest BCUT2D eigenvalue weighted by Crippen LogP contribution is -1.80. The molecule has 0 saturated heterocycles. The molecule has 44 valence electrons. The number of nitrogens with one attached hydrogen (secondary N) is 1. The number of nitrogens with zero attached hydrogens (tertiary/aromatic N) is 1. The molecule has 4 heteroatoms. The SMILES string of the molecule is OCc1c[nH]c(I)n1. The molecule has 0 unspecified atom stereocenters. The Morgan fingerprint density at radius 2 is 2.62 bits per heavy atom. The van der Waals surface area contributed by atoms with E-state index in [0.717, 1.165) is 3.83 Å². The zero-order chi connectivity index (χ0) is 5.98. The van der Waals surface area contributed by atoms with Crippen molar-refractivity contribution in [2.45, 2.75) is 6.61 Å². The number of aromatic nitrogens is 2. The van der Waals surface area contributed by atoms with E-state index >= 15 is 0 Å². The van der Waals surface area contributed by atoms with Crippen LogP contribution in [0.1, 0.15) is 5.69 Å². The third-order valence-corrected chi connectivity index (χ3v) is 1.31. The first-order chi connectivity index (χ1) is 3.83. The number of aromatic amines is 1. The van der Waals surface area contributed by atoms with Gasteiger partial charge >= 0.3 is 0 Å². The van der Waals surface area contributed by atoms with Crippen LogP contribution in [0, 0.1) is 3.83 Å². The van der Waals surface area contributed by atoms with Gasteiger partial charge in [0.2, 0.25) is 0 Å². The quantitative estimate of drug-likeness (QED) is 0.682. The zero-order valence-corrected chi connectivity index (χ0v) is 6.21. The molecule has 0 saturated carbocycles. The fourth-order valence-electron chi connectivity index (χ4n) is 0.414. The van der Waals surface area contributed by atoms with Crippen LogP contribution in [0.4, 0.5) is 0 Å². The summed E-state index contributed by atoms with van der Waals surface area (Å²) in [4.78, 5) is 6.75. The van der Waals surface area contributed by atoms with Crippen molar-refractivity contribution >= 4 is 22.6 Å². The molecule has 0 radical (unpaired) electrons. The Hall–Kier alpha value is -0.100. The molecular formula is C4H5IN2O. The first kappa shape index (κ1) is 6.03. The van der Waals surface area contributed by atoms with Crippen LogP contribution in [0.5, 0.6) is 0 Å². The number of imidazole rings is 1. The minimum absolute atomic E-state index is 0.0134. The van der Waals surface area contributed by atoms with Gasteiger partial charge in [0.1, 0.15) is 0 Å². The summed E-state index contributed by atoms with van der Waals surface area (Å²) < 4.78 is 0.812. The van der Waals surface area contributed by atoms with Gasteiger partial charge in [-0.15, -0.1) is 0 Å². The Morgan fingerprint density at radius 3 is 2.88 bits per heavy atom. The first-order valence-corrected chi connectivity index (χ1v) is 3.21. The minimum atomic E-state index is 0.0134. The van der Waals surface area contributed by atoms with Gasteiger partial charge in [0, 0.05) is 6.20 Å². The van der Waals surface area contributed by atoms with Crippen molar-refractivity contribution in [3.8, 4) is 0 Å². The minimum Gasteiger partial charge on any atom is -0.390 e. The summed E-state index contributed by atoms with van der Waals surface area (Å²) in [6, 6.07) is 0. The smallest absolute Gasteiger partial charge is 0.168 e. The topological polar surface area (TPSA) is 48.9 Å². The number of halogens is 1. The third-order valence-electron chi connectivity index (χ3n) is 0.762. The van der Waals surface area contributed by atoms with Crippen molar-refractivity contribution in [3.05, 3.63) is 15.7 Å². The molecule has 1 heterocycles. The molecule has 0 amide bonds. The lowest BCUT2D eigenvalue weighted by molar-refractivity contribution is 0.277. The van der Waals surface area contributed by atoms with Gasteiger partial charge in [-0.3, -0.25) is 0 Å². The van der Waals surface area contributed by atoms with Crippen LogP contribution in [0.25, 0.3) is 0 Å². The van der Waals surface area contributed by atoms with Gasteiger partial charge in [-0.1, -0.05) is 0 Å². The maximum atomic E-state index is 8.47. The molecular weight excluding hydrogens is 219 g/mol. The highest BCUT2D eigenvalue weighted by Gasteiger charge is 1.92. The molecule has 3 nitrogen and oxygen atoms in total. The van der Waals surface area contributed by atoms with Crippen LogP contribution >= 0.6 is 22.6 Å². The Balaban J connectivity index is 2.84. The maximum absolute atomic E-state index is 8.47. The molecule has 0 atom stereocenters. The third kappa shape index (κ3) is 1.19. The summed E-state index contributed by atoms with van der Waals surface area (Å²) >= 11 is 2.05. The molecule has 2 N–H and O–H groups in total. The lowest BCUT2D eigenvalue weighted by Gasteiger charge is -1.78. The van der Waals surface area contributed by atoms with E-state index in [9.17, 15) is 0 Å². The van der Waals surface area contributed by atoms with Crippen LogP contribution in [-0.2, 0) is 6.61 Å². The summed E-state index contributed by atoms with van der Waals surface area (Å²) in [6.45, 7) is 0.0134. The van der Waals surface area contributed by atoms with Crippen molar-refractivity contribution in [2.75, 3.05) is 0 Å². The van der Waals surface area contributed by atoms with Gasteiger partial charge in [-0.25, -0.2) is 4.98 Å². The Labute approximate surface area is 60.3 Å². The summed E-state index contributed by atoms with van der Waals surface area (Å²) in [7, 11) is 0. The van der Waals surface area contributed by atoms with Gasteiger partial charge in [0.15, 0.2) is 3.83 Å². The predicted molar refractivity (Wildman–Crippen MR) is 37.2 cm³/mol. The monoisotopic (exact) mass is 224 g/mol. The van der Waals surface area contributed by atoms with Crippen molar-refractivity contribution < 1.29 is 5.11 Å². The highest BCUT2D eigenvalue weighted by molar-refractivity contribution is 14.1. The first-order valence-electron chi connectivity index (χ1n) is 2.13. The Morgan fingerprint density at radius 1 is 1.88 bits per heavy atom. The number of H-pyrrole nitrogens is 1. The van der Waals surface area contributed by atoms with Gasteiger partial charge in [0.25, 0.3) is 0 Å². The zero-order valence-electron chi connectivity index (χ0n) is 4.06. The van der Waals surface area contributed by atoms with E-state index in [0.29, 0.717) is 5.69 Å². The van der Waals surface area contributed by atoms with E-state index in [1.165, 1.54) is 0 Å². The molecule has 0 bridgehead atoms. The summed E-state index contributed by atoms with van der Waals surface area (Å²) in [5.74, 6) is 0. The largest absolute Gasteiger partial charge is 0.390 e. The molecule has 1 rings (SSSR count). The molecule has 0 aliphatic carbocycles. The summed E-state index contributed by atoms with van der Waals surface area (Å²) in [6.07, 6.45) is 1.68. The van der Waals surface area contributed by atoms with E-state index in [-0.39, 0.29) is 6.61 Å². The normalized spacial score (nSPS) is 9.75. The van der Waals surface area contributed by atoms with E-state index in [1.807, 2.05) is 22.6 Å². The molecule has 1 aromatic heterocycles. The van der Waals surface area contributed by atoms with Crippen LogP contribution in [0.2, 0.25) is 0 Å². The fourth-order valence-corrected chi connectivity index (χ4v) is 0.880. The molecule has 0 fully saturated rings. The molecule has 8 heavy (non-hydrogen) atoms. The van der Waals surface area contributed by atoms with E-state index < -0.39 is 0 Å². The van der Waals surface area contributed by atoms with E-state index in [4.69, 9.17) is 5.11 Å². The number of hydrogen-bond donors (Lipinski definition) is 2. The van der Waals surface area contributed by atoms with Crippen LogP contribution < -0.4 is 0 Å². The highest BCUT2D eigenvalue weighted by atomic mass is 127. The van der Waals surface area contributed by atoms with Crippen LogP contribution in [-0.4, -0.2) is 15.1 Å². The van der Waals surface area contributed by atoms with Crippen molar-refractivity contribution in [3.63, 3.8) is 0 Å². The van der Waals surface area contributed by atoms with E-state index in [1.54, 1.807) is 6.20 Å². The number of hydrogen-bond acceptors (Lipinski definition) is 2. The van der Waals surface area contributed by atoms with Gasteiger partial charge in [0.05, 0.1) is 12.3 Å². The number of aliphatic hydroxyl groups is 1. The van der Waals surface area contributed by atoms with Crippen LogP contribution in [0.15, 0.2) is 6.20 Å². The van der Waals surface area contributed by atoms with Gasteiger partial charge in [-0.05, 0) is 22.6 Å². The molecule has 1 aromatic rings.